The zero-order chi connectivity index (χ0) is 22.5. The third-order valence-corrected chi connectivity index (χ3v) is 5.07. The Morgan fingerprint density at radius 3 is 2.31 bits per heavy atom. The molecule has 1 fully saturated rings. The van der Waals surface area contributed by atoms with Gasteiger partial charge in [0.05, 0.1) is 17.7 Å². The van der Waals surface area contributed by atoms with Crippen LogP contribution in [0.4, 0.5) is 17.3 Å². The van der Waals surface area contributed by atoms with E-state index < -0.39 is 0 Å². The molecular formula is C26H23N5O. The summed E-state index contributed by atoms with van der Waals surface area (Å²) in [6.07, 6.45) is 5.53. The van der Waals surface area contributed by atoms with Gasteiger partial charge >= 0.3 is 0 Å². The third-order valence-electron chi connectivity index (χ3n) is 5.07. The van der Waals surface area contributed by atoms with E-state index >= 15 is 0 Å². The van der Waals surface area contributed by atoms with E-state index in [1.807, 2.05) is 56.3 Å². The molecule has 0 radical (unpaired) electrons. The van der Waals surface area contributed by atoms with E-state index in [1.165, 1.54) is 6.08 Å². The number of nitrogens with one attached hydrogen (secondary N) is 2. The van der Waals surface area contributed by atoms with E-state index in [2.05, 4.69) is 21.7 Å². The Morgan fingerprint density at radius 1 is 1.00 bits per heavy atom. The summed E-state index contributed by atoms with van der Waals surface area (Å²) < 4.78 is 6.30. The maximum atomic E-state index is 9.00. The zero-order valence-corrected chi connectivity index (χ0v) is 18.0. The van der Waals surface area contributed by atoms with Gasteiger partial charge in [0, 0.05) is 29.9 Å². The summed E-state index contributed by atoms with van der Waals surface area (Å²) in [5, 5.41) is 24.5. The Bertz CT molecular complexity index is 1220. The van der Waals surface area contributed by atoms with E-state index in [-0.39, 0.29) is 0 Å². The molecule has 1 saturated carbocycles. The summed E-state index contributed by atoms with van der Waals surface area (Å²) in [6, 6.07) is 19.6. The van der Waals surface area contributed by atoms with Crippen LogP contribution in [-0.4, -0.2) is 11.0 Å². The van der Waals surface area contributed by atoms with Crippen LogP contribution in [0, 0.1) is 36.5 Å². The number of pyridine rings is 1. The van der Waals surface area contributed by atoms with Gasteiger partial charge in [-0.25, -0.2) is 4.98 Å². The fourth-order valence-corrected chi connectivity index (χ4v) is 3.41. The van der Waals surface area contributed by atoms with Gasteiger partial charge in [0.15, 0.2) is 0 Å². The molecule has 1 heterocycles. The topological polar surface area (TPSA) is 93.8 Å². The molecule has 2 N–H and O–H groups in total. The minimum atomic E-state index is 0.454. The Kier molecular flexibility index (Phi) is 6.05. The molecule has 6 heteroatoms. The molecule has 32 heavy (non-hydrogen) atoms. The van der Waals surface area contributed by atoms with Gasteiger partial charge in [0.25, 0.3) is 0 Å². The van der Waals surface area contributed by atoms with E-state index in [0.29, 0.717) is 23.2 Å². The van der Waals surface area contributed by atoms with Crippen LogP contribution in [-0.2, 0) is 0 Å². The Morgan fingerprint density at radius 2 is 1.69 bits per heavy atom. The number of allylic oxidation sites excluding steroid dienone is 1. The summed E-state index contributed by atoms with van der Waals surface area (Å²) in [6.45, 7) is 3.99. The lowest BCUT2D eigenvalue weighted by Crippen LogP contribution is -2.05. The number of aryl methyl sites for hydroxylation is 2. The number of anilines is 3. The first-order valence-corrected chi connectivity index (χ1v) is 10.4. The van der Waals surface area contributed by atoms with Crippen LogP contribution in [0.1, 0.15) is 35.1 Å². The molecule has 3 aromatic rings. The average Bonchev–Trinajstić information content (AvgIpc) is 3.59. The minimum Gasteiger partial charge on any atom is -0.457 e. The molecule has 1 aromatic heterocycles. The van der Waals surface area contributed by atoms with Gasteiger partial charge in [-0.1, -0.05) is 0 Å². The number of nitriles is 2. The van der Waals surface area contributed by atoms with Crippen molar-refractivity contribution < 1.29 is 4.74 Å². The fourth-order valence-electron chi connectivity index (χ4n) is 3.41. The second-order valence-electron chi connectivity index (χ2n) is 7.85. The maximum absolute atomic E-state index is 9.00. The highest BCUT2D eigenvalue weighted by Gasteiger charge is 2.22. The van der Waals surface area contributed by atoms with Crippen molar-refractivity contribution >= 4 is 23.4 Å². The lowest BCUT2D eigenvalue weighted by Gasteiger charge is -2.16. The molecule has 4 rings (SSSR count). The predicted octanol–water partition coefficient (Wildman–Crippen LogP) is 6.22. The quantitative estimate of drug-likeness (QED) is 0.440. The van der Waals surface area contributed by atoms with Crippen LogP contribution < -0.4 is 15.4 Å². The van der Waals surface area contributed by atoms with Gasteiger partial charge in [-0.3, -0.25) is 0 Å². The number of ether oxygens (including phenoxy) is 1. The molecule has 0 unspecified atom stereocenters. The first-order valence-electron chi connectivity index (χ1n) is 10.4. The fraction of sp³-hybridized carbons (Fsp3) is 0.192. The normalized spacial score (nSPS) is 12.8. The standard InChI is InChI=1S/C26H23N5O/c1-17-12-20(4-3-11-27)13-18(2)26(17)32-23-14-24(31-25(15-23)30-22-9-10-22)29-21-7-5-19(16-28)6-8-21/h3-8,12-15,22H,9-10H2,1-2H3,(H2,29,30,31)/b4-3+. The van der Waals surface area contributed by atoms with Gasteiger partial charge < -0.3 is 15.4 Å². The molecule has 0 aliphatic heterocycles. The molecule has 0 bridgehead atoms. The Labute approximate surface area is 187 Å². The summed E-state index contributed by atoms with van der Waals surface area (Å²) in [5.41, 5.74) is 4.38. The van der Waals surface area contributed by atoms with Crippen molar-refractivity contribution in [1.29, 1.82) is 10.5 Å². The van der Waals surface area contributed by atoms with Crippen LogP contribution in [0.15, 0.2) is 54.6 Å². The predicted molar refractivity (Wildman–Crippen MR) is 126 cm³/mol. The highest BCUT2D eigenvalue weighted by Crippen LogP contribution is 2.34. The Hall–Kier alpha value is -4.29. The summed E-state index contributed by atoms with van der Waals surface area (Å²) in [4.78, 5) is 4.68. The van der Waals surface area contributed by atoms with Crippen molar-refractivity contribution in [1.82, 2.24) is 4.98 Å². The highest BCUT2D eigenvalue weighted by atomic mass is 16.5. The molecule has 1 aliphatic rings. The molecule has 2 aromatic carbocycles. The van der Waals surface area contributed by atoms with Gasteiger partial charge in [0.1, 0.15) is 23.1 Å². The number of aromatic nitrogens is 1. The maximum Gasteiger partial charge on any atom is 0.136 e. The number of hydrogen-bond acceptors (Lipinski definition) is 6. The van der Waals surface area contributed by atoms with Gasteiger partial charge in [-0.15, -0.1) is 0 Å². The lowest BCUT2D eigenvalue weighted by atomic mass is 10.1. The molecular weight excluding hydrogens is 398 g/mol. The average molecular weight is 422 g/mol. The summed E-state index contributed by atoms with van der Waals surface area (Å²) in [7, 11) is 0. The van der Waals surface area contributed by atoms with Crippen molar-refractivity contribution in [3.8, 4) is 23.6 Å². The molecule has 6 nitrogen and oxygen atoms in total. The minimum absolute atomic E-state index is 0.454. The Balaban J connectivity index is 1.63. The largest absolute Gasteiger partial charge is 0.457 e. The first kappa shape index (κ1) is 21.0. The number of nitrogens with zero attached hydrogens (tertiary/aromatic N) is 3. The highest BCUT2D eigenvalue weighted by molar-refractivity contribution is 5.63. The van der Waals surface area contributed by atoms with Crippen molar-refractivity contribution in [3.63, 3.8) is 0 Å². The van der Waals surface area contributed by atoms with E-state index in [9.17, 15) is 0 Å². The number of benzene rings is 2. The monoisotopic (exact) mass is 421 g/mol. The van der Waals surface area contributed by atoms with Crippen LogP contribution in [0.3, 0.4) is 0 Å². The number of rotatable bonds is 7. The molecule has 0 saturated heterocycles. The van der Waals surface area contributed by atoms with E-state index in [0.717, 1.165) is 46.8 Å². The molecule has 0 amide bonds. The van der Waals surface area contributed by atoms with Gasteiger partial charge in [-0.05, 0) is 85.9 Å². The van der Waals surface area contributed by atoms with Crippen LogP contribution in [0.2, 0.25) is 0 Å². The van der Waals surface area contributed by atoms with E-state index in [4.69, 9.17) is 15.3 Å². The van der Waals surface area contributed by atoms with Crippen LogP contribution in [0.5, 0.6) is 11.5 Å². The van der Waals surface area contributed by atoms with Crippen LogP contribution >= 0.6 is 0 Å². The molecule has 1 aliphatic carbocycles. The first-order chi connectivity index (χ1) is 15.5. The third kappa shape index (κ3) is 5.24. The lowest BCUT2D eigenvalue weighted by molar-refractivity contribution is 0.475. The van der Waals surface area contributed by atoms with Crippen LogP contribution in [0.25, 0.3) is 6.08 Å². The summed E-state index contributed by atoms with van der Waals surface area (Å²) >= 11 is 0. The zero-order valence-electron chi connectivity index (χ0n) is 18.0. The van der Waals surface area contributed by atoms with Gasteiger partial charge in [0.2, 0.25) is 0 Å². The molecule has 158 valence electrons. The van der Waals surface area contributed by atoms with Crippen molar-refractivity contribution in [2.75, 3.05) is 10.6 Å². The second-order valence-corrected chi connectivity index (χ2v) is 7.85. The molecule has 0 spiro atoms. The van der Waals surface area contributed by atoms with Crippen molar-refractivity contribution in [2.45, 2.75) is 32.7 Å². The SMILES string of the molecule is Cc1cc(/C=C/C#N)cc(C)c1Oc1cc(Nc2ccc(C#N)cc2)nc(NC2CC2)c1. The summed E-state index contributed by atoms with van der Waals surface area (Å²) in [5.74, 6) is 2.86. The smallest absolute Gasteiger partial charge is 0.136 e. The second kappa shape index (κ2) is 9.24. The van der Waals surface area contributed by atoms with Gasteiger partial charge in [-0.2, -0.15) is 10.5 Å². The van der Waals surface area contributed by atoms with Crippen molar-refractivity contribution in [3.05, 3.63) is 76.9 Å². The van der Waals surface area contributed by atoms with Crippen molar-refractivity contribution in [2.24, 2.45) is 0 Å². The van der Waals surface area contributed by atoms with E-state index in [1.54, 1.807) is 18.2 Å². The number of hydrogen-bond donors (Lipinski definition) is 2. The molecule has 0 atom stereocenters.